The molecule has 1 aromatic heterocycles. The lowest BCUT2D eigenvalue weighted by molar-refractivity contribution is -0.120. The Balaban J connectivity index is 1.64. The number of hydrogen-bond acceptors (Lipinski definition) is 6. The first-order chi connectivity index (χ1) is 13.5. The Bertz CT molecular complexity index is 1040. The van der Waals surface area contributed by atoms with Crippen LogP contribution in [0.15, 0.2) is 58.8 Å². The highest BCUT2D eigenvalue weighted by atomic mass is 16.5. The van der Waals surface area contributed by atoms with Gasteiger partial charge in [0.15, 0.2) is 12.3 Å². The van der Waals surface area contributed by atoms with Crippen molar-refractivity contribution in [2.45, 2.75) is 6.92 Å². The van der Waals surface area contributed by atoms with Gasteiger partial charge < -0.3 is 19.1 Å². The Morgan fingerprint density at radius 2 is 1.82 bits per heavy atom. The number of esters is 1. The molecule has 0 aliphatic heterocycles. The topological polar surface area (TPSA) is 102 Å². The maximum absolute atomic E-state index is 12.0. The SMILES string of the molecule is CCOC(=O)c1ccc(OCC(=O)N=Nc2c(O)n(C)c3ccccc23)cc1. The monoisotopic (exact) mass is 381 g/mol. The van der Waals surface area contributed by atoms with Gasteiger partial charge in [0.1, 0.15) is 5.75 Å². The summed E-state index contributed by atoms with van der Waals surface area (Å²) in [5.41, 5.74) is 1.40. The molecule has 8 nitrogen and oxygen atoms in total. The van der Waals surface area contributed by atoms with E-state index in [1.165, 1.54) is 0 Å². The summed E-state index contributed by atoms with van der Waals surface area (Å²) in [6.07, 6.45) is 0. The van der Waals surface area contributed by atoms with Crippen molar-refractivity contribution in [1.29, 1.82) is 0 Å². The summed E-state index contributed by atoms with van der Waals surface area (Å²) in [7, 11) is 1.70. The largest absolute Gasteiger partial charge is 0.493 e. The quantitative estimate of drug-likeness (QED) is 0.517. The zero-order valence-corrected chi connectivity index (χ0v) is 15.5. The number of hydrogen-bond donors (Lipinski definition) is 1. The third-order valence-electron chi connectivity index (χ3n) is 4.04. The molecule has 0 radical (unpaired) electrons. The average Bonchev–Trinajstić information content (AvgIpc) is 2.96. The lowest BCUT2D eigenvalue weighted by atomic mass is 10.2. The maximum atomic E-state index is 12.0. The van der Waals surface area contributed by atoms with Gasteiger partial charge in [-0.2, -0.15) is 0 Å². The lowest BCUT2D eigenvalue weighted by Gasteiger charge is -2.05. The molecule has 0 aliphatic carbocycles. The highest BCUT2D eigenvalue weighted by molar-refractivity contribution is 5.95. The predicted molar refractivity (Wildman–Crippen MR) is 102 cm³/mol. The summed E-state index contributed by atoms with van der Waals surface area (Å²) < 4.78 is 11.8. The number of benzene rings is 2. The second-order valence-corrected chi connectivity index (χ2v) is 5.88. The second kappa shape index (κ2) is 8.34. The summed E-state index contributed by atoms with van der Waals surface area (Å²) in [6.45, 7) is 1.70. The number of rotatable bonds is 6. The number of carbonyl (C=O) groups is 2. The van der Waals surface area contributed by atoms with Gasteiger partial charge in [-0.15, -0.1) is 10.2 Å². The first kappa shape index (κ1) is 19.1. The number of aromatic nitrogens is 1. The number of nitrogens with zero attached hydrogens (tertiary/aromatic N) is 3. The molecule has 0 bridgehead atoms. The minimum absolute atomic E-state index is 0.0757. The highest BCUT2D eigenvalue weighted by Crippen LogP contribution is 2.37. The molecule has 1 heterocycles. The Kier molecular flexibility index (Phi) is 5.69. The van der Waals surface area contributed by atoms with Crippen molar-refractivity contribution in [3.63, 3.8) is 0 Å². The smallest absolute Gasteiger partial charge is 0.338 e. The van der Waals surface area contributed by atoms with Gasteiger partial charge in [-0.3, -0.25) is 4.79 Å². The van der Waals surface area contributed by atoms with Crippen LogP contribution in [0, 0.1) is 0 Å². The van der Waals surface area contributed by atoms with E-state index >= 15 is 0 Å². The van der Waals surface area contributed by atoms with Gasteiger partial charge in [0, 0.05) is 12.4 Å². The summed E-state index contributed by atoms with van der Waals surface area (Å²) in [6, 6.07) is 13.5. The molecule has 0 atom stereocenters. The maximum Gasteiger partial charge on any atom is 0.338 e. The van der Waals surface area contributed by atoms with Crippen LogP contribution in [0.5, 0.6) is 11.6 Å². The van der Waals surface area contributed by atoms with Crippen LogP contribution in [0.3, 0.4) is 0 Å². The molecule has 0 saturated carbocycles. The molecule has 2 aromatic carbocycles. The van der Waals surface area contributed by atoms with E-state index in [0.29, 0.717) is 23.3 Å². The number of azo groups is 1. The van der Waals surface area contributed by atoms with Gasteiger partial charge in [0.2, 0.25) is 5.88 Å². The van der Waals surface area contributed by atoms with E-state index in [2.05, 4.69) is 10.2 Å². The van der Waals surface area contributed by atoms with Gasteiger partial charge in [0.05, 0.1) is 17.7 Å². The third-order valence-corrected chi connectivity index (χ3v) is 4.04. The summed E-state index contributed by atoms with van der Waals surface area (Å²) >= 11 is 0. The summed E-state index contributed by atoms with van der Waals surface area (Å²) in [5, 5.41) is 18.4. The number of fused-ring (bicyclic) bond motifs is 1. The van der Waals surface area contributed by atoms with Crippen LogP contribution in [0.2, 0.25) is 0 Å². The molecule has 3 rings (SSSR count). The number of amides is 1. The minimum Gasteiger partial charge on any atom is -0.493 e. The molecule has 0 aliphatic rings. The minimum atomic E-state index is -0.609. The molecule has 0 fully saturated rings. The Morgan fingerprint density at radius 3 is 2.54 bits per heavy atom. The highest BCUT2D eigenvalue weighted by Gasteiger charge is 2.14. The van der Waals surface area contributed by atoms with Crippen LogP contribution in [-0.2, 0) is 16.6 Å². The van der Waals surface area contributed by atoms with Crippen LogP contribution < -0.4 is 4.74 Å². The molecular weight excluding hydrogens is 362 g/mol. The fourth-order valence-corrected chi connectivity index (χ4v) is 2.64. The van der Waals surface area contributed by atoms with E-state index in [-0.39, 0.29) is 18.2 Å². The number of ether oxygens (including phenoxy) is 2. The van der Waals surface area contributed by atoms with Gasteiger partial charge in [-0.05, 0) is 37.3 Å². The molecule has 3 aromatic rings. The first-order valence-corrected chi connectivity index (χ1v) is 8.62. The van der Waals surface area contributed by atoms with E-state index < -0.39 is 11.9 Å². The van der Waals surface area contributed by atoms with Crippen molar-refractivity contribution in [3.05, 3.63) is 54.1 Å². The van der Waals surface area contributed by atoms with Crippen molar-refractivity contribution < 1.29 is 24.2 Å². The fourth-order valence-electron chi connectivity index (χ4n) is 2.64. The van der Waals surface area contributed by atoms with E-state index in [0.717, 1.165) is 5.52 Å². The number of aromatic hydroxyl groups is 1. The van der Waals surface area contributed by atoms with Gasteiger partial charge >= 0.3 is 11.9 Å². The van der Waals surface area contributed by atoms with E-state index in [1.54, 1.807) is 48.9 Å². The van der Waals surface area contributed by atoms with Crippen LogP contribution in [0.25, 0.3) is 10.9 Å². The molecule has 0 spiro atoms. The molecule has 8 heteroatoms. The van der Waals surface area contributed by atoms with Crippen LogP contribution in [-0.4, -0.2) is 34.8 Å². The average molecular weight is 381 g/mol. The zero-order chi connectivity index (χ0) is 20.1. The summed E-state index contributed by atoms with van der Waals surface area (Å²) in [5.74, 6) is -0.701. The number of para-hydroxylation sites is 1. The van der Waals surface area contributed by atoms with E-state index in [1.807, 2.05) is 18.2 Å². The fraction of sp³-hybridized carbons (Fsp3) is 0.200. The molecule has 1 amide bonds. The van der Waals surface area contributed by atoms with Gasteiger partial charge in [0.25, 0.3) is 0 Å². The first-order valence-electron chi connectivity index (χ1n) is 8.62. The molecule has 0 saturated heterocycles. The third kappa shape index (κ3) is 4.01. The molecule has 0 unspecified atom stereocenters. The molecule has 1 N–H and O–H groups in total. The summed E-state index contributed by atoms with van der Waals surface area (Å²) in [4.78, 5) is 23.6. The Labute approximate surface area is 161 Å². The molecule has 144 valence electrons. The van der Waals surface area contributed by atoms with Crippen molar-refractivity contribution in [2.75, 3.05) is 13.2 Å². The number of aryl methyl sites for hydroxylation is 1. The standard InChI is InChI=1S/C20H19N3O5/c1-3-27-20(26)13-8-10-14(11-9-13)28-12-17(24)21-22-18-15-6-4-5-7-16(15)23(2)19(18)25/h4-11,25H,3,12H2,1-2H3. The normalized spacial score (nSPS) is 11.1. The van der Waals surface area contributed by atoms with Crippen molar-refractivity contribution >= 4 is 28.5 Å². The van der Waals surface area contributed by atoms with E-state index in [4.69, 9.17) is 9.47 Å². The molecule has 28 heavy (non-hydrogen) atoms. The lowest BCUT2D eigenvalue weighted by Crippen LogP contribution is -2.08. The zero-order valence-electron chi connectivity index (χ0n) is 15.5. The van der Waals surface area contributed by atoms with Crippen molar-refractivity contribution in [1.82, 2.24) is 4.57 Å². The van der Waals surface area contributed by atoms with E-state index in [9.17, 15) is 14.7 Å². The number of carbonyl (C=O) groups excluding carboxylic acids is 2. The van der Waals surface area contributed by atoms with Crippen LogP contribution in [0.1, 0.15) is 17.3 Å². The second-order valence-electron chi connectivity index (χ2n) is 5.88. The predicted octanol–water partition coefficient (Wildman–Crippen LogP) is 3.75. The molecular formula is C20H19N3O5. The Morgan fingerprint density at radius 1 is 1.11 bits per heavy atom. The van der Waals surface area contributed by atoms with Gasteiger partial charge in [-0.1, -0.05) is 18.2 Å². The van der Waals surface area contributed by atoms with Crippen molar-refractivity contribution in [2.24, 2.45) is 17.3 Å². The van der Waals surface area contributed by atoms with Crippen LogP contribution in [0.4, 0.5) is 5.69 Å². The Hall–Kier alpha value is -3.68. The van der Waals surface area contributed by atoms with Crippen LogP contribution >= 0.6 is 0 Å². The van der Waals surface area contributed by atoms with Crippen molar-refractivity contribution in [3.8, 4) is 11.6 Å². The van der Waals surface area contributed by atoms with Gasteiger partial charge in [-0.25, -0.2) is 4.79 Å².